The van der Waals surface area contributed by atoms with E-state index >= 15 is 0 Å². The van der Waals surface area contributed by atoms with E-state index in [0.29, 0.717) is 0 Å². The number of rotatable bonds is 10. The van der Waals surface area contributed by atoms with Crippen molar-refractivity contribution < 1.29 is 0 Å². The number of benzene rings is 15. The first-order valence-corrected chi connectivity index (χ1v) is 36.2. The number of aromatic nitrogens is 2. The Bertz CT molecular complexity index is 6050. The van der Waals surface area contributed by atoms with E-state index in [1.807, 2.05) is 0 Å². The number of hydrogen-bond acceptors (Lipinski definition) is 2. The predicted molar refractivity (Wildman–Crippen MR) is 439 cm³/mol. The lowest BCUT2D eigenvalue weighted by Gasteiger charge is -2.46. The highest BCUT2D eigenvalue weighted by atomic mass is 15.2. The van der Waals surface area contributed by atoms with Gasteiger partial charge in [-0.1, -0.05) is 302 Å². The van der Waals surface area contributed by atoms with Crippen molar-refractivity contribution in [3.8, 4) is 78.1 Å². The SMILES string of the molecule is CC(C)(C)c1ccc2c(c1)c1cc(C(C)(C)C)ccc1n2-c1cccc(-c2ccc3c(c2)c2ccccc2n3-c2ccccc2)c1N1c2ccc(-c3ccccc3)cc2B2c3cc(-c4ccccc4)ccc3N(c3c(-c4ccccc4)cccc3-c3ccccc3)c3cc(-c4ccccc4)cc1c32. The first-order valence-electron chi connectivity index (χ1n) is 36.2. The van der Waals surface area contributed by atoms with Crippen LogP contribution in [0.2, 0.25) is 0 Å². The van der Waals surface area contributed by atoms with Gasteiger partial charge in [-0.15, -0.1) is 0 Å². The Hall–Kier alpha value is -12.4. The first-order chi connectivity index (χ1) is 50.4. The van der Waals surface area contributed by atoms with Gasteiger partial charge in [0.25, 0.3) is 6.71 Å². The molecule has 490 valence electrons. The van der Waals surface area contributed by atoms with Gasteiger partial charge in [0.15, 0.2) is 0 Å². The quantitative estimate of drug-likeness (QED) is 0.127. The van der Waals surface area contributed by atoms with Gasteiger partial charge in [-0.05, 0) is 173 Å². The van der Waals surface area contributed by atoms with Crippen LogP contribution in [0.3, 0.4) is 0 Å². The molecule has 4 nitrogen and oxygen atoms in total. The van der Waals surface area contributed by atoms with E-state index in [9.17, 15) is 0 Å². The summed E-state index contributed by atoms with van der Waals surface area (Å²) in [5.74, 6) is 0. The third-order valence-corrected chi connectivity index (χ3v) is 21.8. The number of anilines is 6. The van der Waals surface area contributed by atoms with Crippen LogP contribution in [0.1, 0.15) is 52.7 Å². The van der Waals surface area contributed by atoms with Gasteiger partial charge in [0.2, 0.25) is 0 Å². The first kappa shape index (κ1) is 61.6. The fourth-order valence-corrected chi connectivity index (χ4v) is 16.8. The summed E-state index contributed by atoms with van der Waals surface area (Å²) >= 11 is 0. The zero-order chi connectivity index (χ0) is 69.2. The van der Waals surface area contributed by atoms with Crippen LogP contribution in [0.4, 0.5) is 34.1 Å². The number of nitrogens with zero attached hydrogens (tertiary/aromatic N) is 4. The molecule has 103 heavy (non-hydrogen) atoms. The molecule has 5 heteroatoms. The second kappa shape index (κ2) is 24.1. The predicted octanol–water partition coefficient (Wildman–Crippen LogP) is 24.6. The Morgan fingerprint density at radius 3 is 1.13 bits per heavy atom. The lowest BCUT2D eigenvalue weighted by atomic mass is 9.33. The summed E-state index contributed by atoms with van der Waals surface area (Å²) in [5, 5.41) is 4.87. The molecule has 0 bridgehead atoms. The summed E-state index contributed by atoms with van der Waals surface area (Å²) in [4.78, 5) is 5.38. The molecule has 0 saturated carbocycles. The summed E-state index contributed by atoms with van der Waals surface area (Å²) < 4.78 is 5.04. The maximum absolute atomic E-state index is 2.71. The van der Waals surface area contributed by atoms with Crippen LogP contribution in [0.5, 0.6) is 0 Å². The second-order valence-corrected chi connectivity index (χ2v) is 30.0. The monoisotopic (exact) mass is 1320 g/mol. The number of hydrogen-bond donors (Lipinski definition) is 0. The Morgan fingerprint density at radius 2 is 0.621 bits per heavy atom. The Labute approximate surface area is 603 Å². The highest BCUT2D eigenvalue weighted by Crippen LogP contribution is 2.55. The maximum atomic E-state index is 2.71. The smallest absolute Gasteiger partial charge is 0.252 e. The molecule has 2 aromatic heterocycles. The van der Waals surface area contributed by atoms with Crippen molar-refractivity contribution in [1.29, 1.82) is 0 Å². The third-order valence-electron chi connectivity index (χ3n) is 21.8. The van der Waals surface area contributed by atoms with Crippen LogP contribution < -0.4 is 26.2 Å². The normalized spacial score (nSPS) is 12.7. The van der Waals surface area contributed by atoms with Crippen LogP contribution in [-0.4, -0.2) is 15.8 Å². The molecule has 2 aliphatic heterocycles. The van der Waals surface area contributed by atoms with Gasteiger partial charge in [0.1, 0.15) is 0 Å². The summed E-state index contributed by atoms with van der Waals surface area (Å²) in [6, 6.07) is 130. The molecular formula is C98H75BN4. The molecule has 17 aromatic rings. The van der Waals surface area contributed by atoms with Crippen molar-refractivity contribution in [2.75, 3.05) is 9.80 Å². The highest BCUT2D eigenvalue weighted by molar-refractivity contribution is 7.00. The summed E-state index contributed by atoms with van der Waals surface area (Å²) in [6.45, 7) is 13.8. The lowest BCUT2D eigenvalue weighted by Crippen LogP contribution is -2.61. The van der Waals surface area contributed by atoms with Crippen LogP contribution in [0.15, 0.2) is 346 Å². The van der Waals surface area contributed by atoms with Gasteiger partial charge < -0.3 is 18.9 Å². The van der Waals surface area contributed by atoms with Gasteiger partial charge in [-0.3, -0.25) is 0 Å². The molecule has 0 amide bonds. The van der Waals surface area contributed by atoms with Crippen molar-refractivity contribution in [3.63, 3.8) is 0 Å². The van der Waals surface area contributed by atoms with E-state index in [4.69, 9.17) is 0 Å². The van der Waals surface area contributed by atoms with Gasteiger partial charge in [-0.2, -0.15) is 0 Å². The second-order valence-electron chi connectivity index (χ2n) is 30.0. The van der Waals surface area contributed by atoms with Gasteiger partial charge in [0.05, 0.1) is 39.1 Å². The Morgan fingerprint density at radius 1 is 0.233 bits per heavy atom. The summed E-state index contributed by atoms with van der Waals surface area (Å²) in [7, 11) is 0. The molecule has 0 unspecified atom stereocenters. The molecule has 0 N–H and O–H groups in total. The van der Waals surface area contributed by atoms with Crippen molar-refractivity contribution in [2.24, 2.45) is 0 Å². The van der Waals surface area contributed by atoms with E-state index in [-0.39, 0.29) is 17.5 Å². The summed E-state index contributed by atoms with van der Waals surface area (Å²) in [5.41, 5.74) is 33.4. The molecule has 19 rings (SSSR count). The van der Waals surface area contributed by atoms with Crippen LogP contribution in [-0.2, 0) is 10.8 Å². The van der Waals surface area contributed by atoms with E-state index < -0.39 is 0 Å². The molecule has 15 aromatic carbocycles. The van der Waals surface area contributed by atoms with E-state index in [2.05, 4.69) is 406 Å². The number of para-hydroxylation sites is 4. The molecule has 0 aliphatic carbocycles. The van der Waals surface area contributed by atoms with E-state index in [1.54, 1.807) is 0 Å². The highest BCUT2D eigenvalue weighted by Gasteiger charge is 2.46. The molecule has 0 radical (unpaired) electrons. The van der Waals surface area contributed by atoms with Crippen molar-refractivity contribution in [3.05, 3.63) is 357 Å². The van der Waals surface area contributed by atoms with E-state index in [0.717, 1.165) is 112 Å². The van der Waals surface area contributed by atoms with Crippen molar-refractivity contribution in [2.45, 2.75) is 52.4 Å². The molecule has 0 saturated heterocycles. The van der Waals surface area contributed by atoms with Crippen LogP contribution in [0, 0.1) is 0 Å². The molecule has 4 heterocycles. The van der Waals surface area contributed by atoms with Crippen molar-refractivity contribution in [1.82, 2.24) is 9.13 Å². The minimum atomic E-state index is -0.250. The minimum absolute atomic E-state index is 0.0923. The Balaban J connectivity index is 0.995. The molecule has 0 fully saturated rings. The zero-order valence-corrected chi connectivity index (χ0v) is 58.8. The number of fused-ring (bicyclic) bond motifs is 10. The van der Waals surface area contributed by atoms with Crippen molar-refractivity contribution >= 4 is 101 Å². The fourth-order valence-electron chi connectivity index (χ4n) is 16.8. The fraction of sp³-hybridized carbons (Fsp3) is 0.0816. The largest absolute Gasteiger partial charge is 0.310 e. The van der Waals surface area contributed by atoms with Crippen LogP contribution >= 0.6 is 0 Å². The molecule has 2 aliphatic rings. The van der Waals surface area contributed by atoms with Gasteiger partial charge in [-0.25, -0.2) is 0 Å². The van der Waals surface area contributed by atoms with E-state index in [1.165, 1.54) is 71.3 Å². The zero-order valence-electron chi connectivity index (χ0n) is 58.8. The topological polar surface area (TPSA) is 16.3 Å². The molecular weight excluding hydrogens is 1240 g/mol. The minimum Gasteiger partial charge on any atom is -0.310 e. The standard InChI is InChI=1S/C98H75BN4/c1-97(2,3)73-50-55-87-81(62-73)82-63-74(98(4,5)6)51-56-88(82)101(87)91-46-28-44-78(71-49-52-86-80(57-71)79-41-25-26-45-85(79)100(86)75-39-23-12-24-40-75)96(91)103-90-54-48-70(65-31-15-8-16-32-65)59-84(90)99-83-58-69(64-29-13-7-14-30-64)47-53-89(83)102(92-60-72(61-93(103)94(92)99)66-33-17-9-18-34-66)95-76(67-35-19-10-20-36-67)42-27-43-77(95)68-37-21-11-22-38-68/h7-63H,1-6H3. The molecule has 0 spiro atoms. The average Bonchev–Trinajstić information content (AvgIpc) is 1.04. The Kier molecular flexibility index (Phi) is 14.5. The average molecular weight is 1320 g/mol. The van der Waals surface area contributed by atoms with Crippen LogP contribution in [0.25, 0.3) is 122 Å². The van der Waals surface area contributed by atoms with Gasteiger partial charge in [0, 0.05) is 66.7 Å². The molecule has 0 atom stereocenters. The summed E-state index contributed by atoms with van der Waals surface area (Å²) in [6.07, 6.45) is 0. The van der Waals surface area contributed by atoms with Gasteiger partial charge >= 0.3 is 0 Å². The third kappa shape index (κ3) is 10.2. The lowest BCUT2D eigenvalue weighted by molar-refractivity contribution is 0.590. The maximum Gasteiger partial charge on any atom is 0.252 e.